The molecule has 1 aromatic heterocycles. The van der Waals surface area contributed by atoms with E-state index in [-0.39, 0.29) is 11.5 Å². The molecular formula is C8H5BrO2S. The van der Waals surface area contributed by atoms with Gasteiger partial charge in [-0.1, -0.05) is 0 Å². The second-order valence-corrected chi connectivity index (χ2v) is 4.16. The Bertz CT molecular complexity index is 436. The van der Waals surface area contributed by atoms with Gasteiger partial charge in [0.1, 0.15) is 11.5 Å². The van der Waals surface area contributed by atoms with Gasteiger partial charge < -0.3 is 10.2 Å². The molecule has 0 aliphatic heterocycles. The summed E-state index contributed by atoms with van der Waals surface area (Å²) in [6.07, 6.45) is 0. The summed E-state index contributed by atoms with van der Waals surface area (Å²) in [4.78, 5) is 0. The molecule has 2 aromatic rings. The van der Waals surface area contributed by atoms with E-state index in [9.17, 15) is 10.2 Å². The van der Waals surface area contributed by atoms with Crippen LogP contribution in [-0.4, -0.2) is 10.2 Å². The number of aromatic hydroxyl groups is 2. The summed E-state index contributed by atoms with van der Waals surface area (Å²) in [5, 5.41) is 21.5. The molecule has 0 amide bonds. The molecule has 0 spiro atoms. The highest BCUT2D eigenvalue weighted by atomic mass is 79.9. The Morgan fingerprint density at radius 1 is 1.33 bits per heavy atom. The molecule has 2 rings (SSSR count). The quantitative estimate of drug-likeness (QED) is 0.700. The first-order valence-corrected chi connectivity index (χ1v) is 4.95. The molecule has 1 aromatic carbocycles. The minimum atomic E-state index is 0.184. The van der Waals surface area contributed by atoms with Crippen LogP contribution in [0.25, 0.3) is 10.1 Å². The van der Waals surface area contributed by atoms with Gasteiger partial charge >= 0.3 is 0 Å². The fraction of sp³-hybridized carbons (Fsp3) is 0. The van der Waals surface area contributed by atoms with Gasteiger partial charge in [-0.15, -0.1) is 11.3 Å². The van der Waals surface area contributed by atoms with Crippen LogP contribution in [0.1, 0.15) is 0 Å². The van der Waals surface area contributed by atoms with E-state index >= 15 is 0 Å². The minimum Gasteiger partial charge on any atom is -0.506 e. The van der Waals surface area contributed by atoms with Gasteiger partial charge in [0.05, 0.1) is 9.17 Å². The fourth-order valence-electron chi connectivity index (χ4n) is 1.08. The molecule has 0 saturated heterocycles. The molecule has 0 aliphatic rings. The predicted molar refractivity (Wildman–Crippen MR) is 52.9 cm³/mol. The molecule has 0 unspecified atom stereocenters. The van der Waals surface area contributed by atoms with Crippen molar-refractivity contribution in [2.24, 2.45) is 0 Å². The van der Waals surface area contributed by atoms with Gasteiger partial charge in [-0.25, -0.2) is 0 Å². The maximum Gasteiger partial charge on any atom is 0.138 e. The zero-order valence-electron chi connectivity index (χ0n) is 5.91. The second kappa shape index (κ2) is 2.64. The smallest absolute Gasteiger partial charge is 0.138 e. The molecule has 0 atom stereocenters. The Morgan fingerprint density at radius 3 is 2.83 bits per heavy atom. The van der Waals surface area contributed by atoms with Crippen molar-refractivity contribution in [1.82, 2.24) is 0 Å². The van der Waals surface area contributed by atoms with Crippen molar-refractivity contribution in [2.45, 2.75) is 0 Å². The second-order valence-electron chi connectivity index (χ2n) is 2.39. The van der Waals surface area contributed by atoms with Gasteiger partial charge in [-0.05, 0) is 33.4 Å². The fourth-order valence-corrected chi connectivity index (χ4v) is 2.32. The highest BCUT2D eigenvalue weighted by Crippen LogP contribution is 2.40. The van der Waals surface area contributed by atoms with E-state index in [4.69, 9.17) is 0 Å². The zero-order valence-corrected chi connectivity index (χ0v) is 8.32. The van der Waals surface area contributed by atoms with Crippen molar-refractivity contribution in [3.63, 3.8) is 0 Å². The number of thiophene rings is 1. The lowest BCUT2D eigenvalue weighted by molar-refractivity contribution is 0.467. The van der Waals surface area contributed by atoms with E-state index in [1.165, 1.54) is 17.4 Å². The van der Waals surface area contributed by atoms with Crippen LogP contribution in [0.5, 0.6) is 11.5 Å². The minimum absolute atomic E-state index is 0.184. The van der Waals surface area contributed by atoms with Crippen molar-refractivity contribution in [3.8, 4) is 11.5 Å². The summed E-state index contributed by atoms with van der Waals surface area (Å²) in [5.74, 6) is 0.383. The standard InChI is InChI=1S/C8H5BrO2S/c9-5-3-6(10)8-4(7(5)11)1-2-12-8/h1-3,10-11H. The molecule has 0 bridgehead atoms. The van der Waals surface area contributed by atoms with Crippen LogP contribution in [0.15, 0.2) is 22.0 Å². The van der Waals surface area contributed by atoms with E-state index in [0.29, 0.717) is 9.86 Å². The maximum atomic E-state index is 9.52. The molecule has 0 radical (unpaired) electrons. The molecule has 2 N–H and O–H groups in total. The van der Waals surface area contributed by atoms with Crippen LogP contribution in [0, 0.1) is 0 Å². The zero-order chi connectivity index (χ0) is 8.72. The third-order valence-electron chi connectivity index (χ3n) is 1.64. The molecule has 1 heterocycles. The third-order valence-corrected chi connectivity index (χ3v) is 3.18. The summed E-state index contributed by atoms with van der Waals surface area (Å²) in [6.45, 7) is 0. The number of phenols is 2. The highest BCUT2D eigenvalue weighted by Gasteiger charge is 2.09. The van der Waals surface area contributed by atoms with Crippen LogP contribution < -0.4 is 0 Å². The van der Waals surface area contributed by atoms with Crippen LogP contribution in [0.3, 0.4) is 0 Å². The van der Waals surface area contributed by atoms with Gasteiger partial charge in [0, 0.05) is 5.39 Å². The Labute approximate surface area is 81.2 Å². The molecule has 62 valence electrons. The Balaban J connectivity index is 2.97. The van der Waals surface area contributed by atoms with Gasteiger partial charge in [0.15, 0.2) is 0 Å². The SMILES string of the molecule is Oc1c(Br)cc(O)c2sccc12. The number of hydrogen-bond donors (Lipinski definition) is 2. The van der Waals surface area contributed by atoms with E-state index in [2.05, 4.69) is 15.9 Å². The Kier molecular flexibility index (Phi) is 1.73. The third kappa shape index (κ3) is 0.990. The molecule has 2 nitrogen and oxygen atoms in total. The van der Waals surface area contributed by atoms with E-state index in [0.717, 1.165) is 4.70 Å². The average Bonchev–Trinajstić information content (AvgIpc) is 2.48. The normalized spacial score (nSPS) is 10.8. The summed E-state index contributed by atoms with van der Waals surface area (Å²) < 4.78 is 1.24. The van der Waals surface area contributed by atoms with Gasteiger partial charge in [-0.2, -0.15) is 0 Å². The number of hydrogen-bond acceptors (Lipinski definition) is 3. The molecule has 0 fully saturated rings. The lowest BCUT2D eigenvalue weighted by Crippen LogP contribution is -1.71. The number of fused-ring (bicyclic) bond motifs is 1. The number of benzene rings is 1. The molecule has 0 saturated carbocycles. The molecule has 0 aliphatic carbocycles. The topological polar surface area (TPSA) is 40.5 Å². The van der Waals surface area contributed by atoms with Gasteiger partial charge in [0.2, 0.25) is 0 Å². The lowest BCUT2D eigenvalue weighted by atomic mass is 10.2. The van der Waals surface area contributed by atoms with E-state index in [1.807, 2.05) is 5.38 Å². The number of rotatable bonds is 0. The predicted octanol–water partition coefficient (Wildman–Crippen LogP) is 3.08. The van der Waals surface area contributed by atoms with Crippen LogP contribution in [0.2, 0.25) is 0 Å². The van der Waals surface area contributed by atoms with Crippen molar-refractivity contribution in [3.05, 3.63) is 22.0 Å². The van der Waals surface area contributed by atoms with Crippen molar-refractivity contribution in [2.75, 3.05) is 0 Å². The first-order chi connectivity index (χ1) is 5.70. The lowest BCUT2D eigenvalue weighted by Gasteiger charge is -2.00. The highest BCUT2D eigenvalue weighted by molar-refractivity contribution is 9.10. The number of halogens is 1. The Hall–Kier alpha value is -0.740. The van der Waals surface area contributed by atoms with Gasteiger partial charge in [0.25, 0.3) is 0 Å². The van der Waals surface area contributed by atoms with E-state index in [1.54, 1.807) is 6.07 Å². The van der Waals surface area contributed by atoms with Crippen molar-refractivity contribution >= 4 is 37.4 Å². The maximum absolute atomic E-state index is 9.52. The molecule has 12 heavy (non-hydrogen) atoms. The van der Waals surface area contributed by atoms with Crippen LogP contribution >= 0.6 is 27.3 Å². The van der Waals surface area contributed by atoms with Crippen LogP contribution in [0.4, 0.5) is 0 Å². The summed E-state index contributed by atoms with van der Waals surface area (Å²) >= 11 is 4.55. The molecule has 4 heteroatoms. The summed E-state index contributed by atoms with van der Waals surface area (Å²) in [6, 6.07) is 3.27. The largest absolute Gasteiger partial charge is 0.506 e. The van der Waals surface area contributed by atoms with Crippen LogP contribution in [-0.2, 0) is 0 Å². The summed E-state index contributed by atoms with van der Waals surface area (Å²) in [7, 11) is 0. The number of phenolic OH excluding ortho intramolecular Hbond substituents is 2. The Morgan fingerprint density at radius 2 is 2.08 bits per heavy atom. The average molecular weight is 245 g/mol. The monoisotopic (exact) mass is 244 g/mol. The van der Waals surface area contributed by atoms with Gasteiger partial charge in [-0.3, -0.25) is 0 Å². The van der Waals surface area contributed by atoms with Crippen molar-refractivity contribution < 1.29 is 10.2 Å². The van der Waals surface area contributed by atoms with E-state index < -0.39 is 0 Å². The first kappa shape index (κ1) is 7.89. The van der Waals surface area contributed by atoms with Crippen molar-refractivity contribution in [1.29, 1.82) is 0 Å². The summed E-state index contributed by atoms with van der Waals surface area (Å²) in [5.41, 5.74) is 0. The first-order valence-electron chi connectivity index (χ1n) is 3.28. The molecular weight excluding hydrogens is 240 g/mol.